The lowest BCUT2D eigenvalue weighted by molar-refractivity contribution is 0.302. The summed E-state index contributed by atoms with van der Waals surface area (Å²) >= 11 is 12.2. The van der Waals surface area contributed by atoms with E-state index in [-0.39, 0.29) is 6.04 Å². The van der Waals surface area contributed by atoms with Gasteiger partial charge in [0.05, 0.1) is 10.0 Å². The molecule has 0 aliphatic rings. The first-order valence-corrected chi connectivity index (χ1v) is 7.76. The van der Waals surface area contributed by atoms with Gasteiger partial charge in [-0.1, -0.05) is 60.5 Å². The Balaban J connectivity index is 2.11. The Morgan fingerprint density at radius 2 is 1.76 bits per heavy atom. The first kappa shape index (κ1) is 16.2. The van der Waals surface area contributed by atoms with Crippen LogP contribution >= 0.6 is 23.2 Å². The average Bonchev–Trinajstić information content (AvgIpc) is 2.50. The molecule has 4 heteroatoms. The Bertz CT molecular complexity index is 601. The van der Waals surface area contributed by atoms with Gasteiger partial charge in [-0.25, -0.2) is 0 Å². The van der Waals surface area contributed by atoms with E-state index in [0.29, 0.717) is 16.7 Å². The topological polar surface area (TPSA) is 35.2 Å². The Labute approximate surface area is 135 Å². The summed E-state index contributed by atoms with van der Waals surface area (Å²) < 4.78 is 5.91. The standard InChI is InChI=1S/C17H19Cl2NO/c1-2-14(20)10-12-6-3-4-9-16(12)21-11-13-7-5-8-15(18)17(13)19/h3-9,14H,2,10-11,20H2,1H3. The van der Waals surface area contributed by atoms with Gasteiger partial charge in [0.1, 0.15) is 12.4 Å². The smallest absolute Gasteiger partial charge is 0.123 e. The van der Waals surface area contributed by atoms with Gasteiger partial charge in [-0.2, -0.15) is 0 Å². The third-order valence-corrected chi connectivity index (χ3v) is 4.25. The molecule has 0 saturated heterocycles. The number of para-hydroxylation sites is 1. The maximum Gasteiger partial charge on any atom is 0.123 e. The van der Waals surface area contributed by atoms with E-state index in [9.17, 15) is 0 Å². The van der Waals surface area contributed by atoms with Crippen molar-refractivity contribution >= 4 is 23.2 Å². The number of benzene rings is 2. The van der Waals surface area contributed by atoms with Crippen LogP contribution in [0.15, 0.2) is 42.5 Å². The molecule has 0 amide bonds. The van der Waals surface area contributed by atoms with Gasteiger partial charge in [-0.3, -0.25) is 0 Å². The van der Waals surface area contributed by atoms with Crippen molar-refractivity contribution in [3.63, 3.8) is 0 Å². The number of rotatable bonds is 6. The van der Waals surface area contributed by atoms with Crippen LogP contribution < -0.4 is 10.5 Å². The zero-order valence-electron chi connectivity index (χ0n) is 12.0. The second-order valence-corrected chi connectivity index (χ2v) is 5.77. The van der Waals surface area contributed by atoms with Crippen LogP contribution in [-0.4, -0.2) is 6.04 Å². The summed E-state index contributed by atoms with van der Waals surface area (Å²) in [6.07, 6.45) is 1.74. The van der Waals surface area contributed by atoms with E-state index in [2.05, 4.69) is 6.92 Å². The number of hydrogen-bond acceptors (Lipinski definition) is 2. The van der Waals surface area contributed by atoms with Crippen LogP contribution in [0.5, 0.6) is 5.75 Å². The zero-order valence-corrected chi connectivity index (χ0v) is 13.5. The summed E-state index contributed by atoms with van der Waals surface area (Å²) in [5.41, 5.74) is 8.02. The maximum absolute atomic E-state index is 6.17. The third kappa shape index (κ3) is 4.37. The van der Waals surface area contributed by atoms with E-state index in [1.54, 1.807) is 6.07 Å². The van der Waals surface area contributed by atoms with Crippen molar-refractivity contribution in [3.05, 3.63) is 63.6 Å². The second kappa shape index (κ2) is 7.69. The fourth-order valence-electron chi connectivity index (χ4n) is 2.06. The van der Waals surface area contributed by atoms with Crippen molar-refractivity contribution in [2.75, 3.05) is 0 Å². The zero-order chi connectivity index (χ0) is 15.2. The number of nitrogens with two attached hydrogens (primary N) is 1. The molecule has 0 fully saturated rings. The molecule has 21 heavy (non-hydrogen) atoms. The molecular formula is C17H19Cl2NO. The fourth-order valence-corrected chi connectivity index (χ4v) is 2.43. The van der Waals surface area contributed by atoms with Crippen molar-refractivity contribution in [3.8, 4) is 5.75 Å². The fraction of sp³-hybridized carbons (Fsp3) is 0.294. The van der Waals surface area contributed by atoms with Gasteiger partial charge >= 0.3 is 0 Å². The van der Waals surface area contributed by atoms with E-state index in [4.69, 9.17) is 33.7 Å². The Morgan fingerprint density at radius 3 is 2.52 bits per heavy atom. The van der Waals surface area contributed by atoms with Crippen LogP contribution in [0.3, 0.4) is 0 Å². The first-order valence-electron chi connectivity index (χ1n) is 7.01. The molecule has 2 rings (SSSR count). The molecule has 0 heterocycles. The average molecular weight is 324 g/mol. The minimum absolute atomic E-state index is 0.143. The van der Waals surface area contributed by atoms with E-state index >= 15 is 0 Å². The Morgan fingerprint density at radius 1 is 1.05 bits per heavy atom. The van der Waals surface area contributed by atoms with Gasteiger partial charge in [0.2, 0.25) is 0 Å². The highest BCUT2D eigenvalue weighted by molar-refractivity contribution is 6.42. The summed E-state index contributed by atoms with van der Waals surface area (Å²) in [6.45, 7) is 2.47. The molecule has 2 aromatic rings. The van der Waals surface area contributed by atoms with Crippen LogP contribution in [0.25, 0.3) is 0 Å². The van der Waals surface area contributed by atoms with Crippen molar-refractivity contribution in [1.29, 1.82) is 0 Å². The van der Waals surface area contributed by atoms with Crippen molar-refractivity contribution in [2.45, 2.75) is 32.4 Å². The predicted octanol–water partition coefficient (Wildman–Crippen LogP) is 4.85. The molecular weight excluding hydrogens is 305 g/mol. The Kier molecular flexibility index (Phi) is 5.92. The molecule has 0 aromatic heterocycles. The number of ether oxygens (including phenoxy) is 1. The molecule has 1 atom stereocenters. The largest absolute Gasteiger partial charge is 0.489 e. The summed E-state index contributed by atoms with van der Waals surface area (Å²) in [4.78, 5) is 0. The maximum atomic E-state index is 6.17. The molecule has 0 radical (unpaired) electrons. The highest BCUT2D eigenvalue weighted by Gasteiger charge is 2.09. The van der Waals surface area contributed by atoms with Crippen molar-refractivity contribution < 1.29 is 4.74 Å². The summed E-state index contributed by atoms with van der Waals surface area (Å²) in [7, 11) is 0. The van der Waals surface area contributed by atoms with E-state index in [1.807, 2.05) is 36.4 Å². The molecule has 2 nitrogen and oxygen atoms in total. The first-order chi connectivity index (χ1) is 10.1. The quantitative estimate of drug-likeness (QED) is 0.824. The lowest BCUT2D eigenvalue weighted by Gasteiger charge is -2.15. The second-order valence-electron chi connectivity index (χ2n) is 4.98. The van der Waals surface area contributed by atoms with Crippen LogP contribution in [0.4, 0.5) is 0 Å². The minimum atomic E-state index is 0.143. The molecule has 2 N–H and O–H groups in total. The van der Waals surface area contributed by atoms with Gasteiger partial charge in [-0.15, -0.1) is 0 Å². The highest BCUT2D eigenvalue weighted by atomic mass is 35.5. The summed E-state index contributed by atoms with van der Waals surface area (Å²) in [5, 5.41) is 1.08. The van der Waals surface area contributed by atoms with E-state index in [0.717, 1.165) is 29.7 Å². The molecule has 0 saturated carbocycles. The minimum Gasteiger partial charge on any atom is -0.489 e. The molecule has 0 aliphatic heterocycles. The summed E-state index contributed by atoms with van der Waals surface area (Å²) in [6, 6.07) is 13.6. The number of halogens is 2. The van der Waals surface area contributed by atoms with Gasteiger partial charge in [0.15, 0.2) is 0 Å². The predicted molar refractivity (Wildman–Crippen MR) is 89.2 cm³/mol. The van der Waals surface area contributed by atoms with Gasteiger partial charge < -0.3 is 10.5 Å². The molecule has 2 aromatic carbocycles. The normalized spacial score (nSPS) is 12.2. The summed E-state index contributed by atoms with van der Waals surface area (Å²) in [5.74, 6) is 0.845. The third-order valence-electron chi connectivity index (χ3n) is 3.39. The molecule has 112 valence electrons. The SMILES string of the molecule is CCC(N)Cc1ccccc1OCc1cccc(Cl)c1Cl. The van der Waals surface area contributed by atoms with E-state index < -0.39 is 0 Å². The lowest BCUT2D eigenvalue weighted by Crippen LogP contribution is -2.21. The van der Waals surface area contributed by atoms with Crippen LogP contribution in [-0.2, 0) is 13.0 Å². The van der Waals surface area contributed by atoms with Gasteiger partial charge in [-0.05, 0) is 30.5 Å². The molecule has 0 spiro atoms. The monoisotopic (exact) mass is 323 g/mol. The number of hydrogen-bond donors (Lipinski definition) is 1. The molecule has 1 unspecified atom stereocenters. The van der Waals surface area contributed by atoms with Crippen LogP contribution in [0.2, 0.25) is 10.0 Å². The highest BCUT2D eigenvalue weighted by Crippen LogP contribution is 2.27. The van der Waals surface area contributed by atoms with Crippen LogP contribution in [0, 0.1) is 0 Å². The van der Waals surface area contributed by atoms with Gasteiger partial charge in [0.25, 0.3) is 0 Å². The van der Waals surface area contributed by atoms with Gasteiger partial charge in [0, 0.05) is 11.6 Å². The lowest BCUT2D eigenvalue weighted by atomic mass is 10.0. The van der Waals surface area contributed by atoms with Crippen molar-refractivity contribution in [1.82, 2.24) is 0 Å². The molecule has 0 aliphatic carbocycles. The van der Waals surface area contributed by atoms with Crippen LogP contribution in [0.1, 0.15) is 24.5 Å². The van der Waals surface area contributed by atoms with Crippen molar-refractivity contribution in [2.24, 2.45) is 5.73 Å². The van der Waals surface area contributed by atoms with E-state index in [1.165, 1.54) is 0 Å². The molecule has 0 bridgehead atoms. The Hall–Kier alpha value is -1.22.